The maximum absolute atomic E-state index is 4.94. The quantitative estimate of drug-likeness (QED) is 0.600. The lowest BCUT2D eigenvalue weighted by molar-refractivity contribution is 0.568. The minimum absolute atomic E-state index is 0.467. The molecule has 2 aromatic heterocycles. The Morgan fingerprint density at radius 2 is 2.45 bits per heavy atom. The van der Waals surface area contributed by atoms with E-state index in [4.69, 9.17) is 4.42 Å². The lowest BCUT2D eigenvalue weighted by atomic mass is 10.3. The Bertz CT molecular complexity index is 317. The first-order chi connectivity index (χ1) is 5.47. The summed E-state index contributed by atoms with van der Waals surface area (Å²) in [5.41, 5.74) is 0.782. The molecule has 0 aliphatic carbocycles. The van der Waals surface area contributed by atoms with Gasteiger partial charge in [0.1, 0.15) is 0 Å². The normalized spacial score (nSPS) is 9.82. The highest BCUT2D eigenvalue weighted by Gasteiger charge is 2.00. The Morgan fingerprint density at radius 3 is 3.09 bits per heavy atom. The Morgan fingerprint density at radius 1 is 1.45 bits per heavy atom. The summed E-state index contributed by atoms with van der Waals surface area (Å²) in [6.07, 6.45) is 4.49. The highest BCUT2D eigenvalue weighted by Crippen LogP contribution is 2.12. The summed E-state index contributed by atoms with van der Waals surface area (Å²) in [5.74, 6) is 0.467. The second-order valence-corrected chi connectivity index (χ2v) is 1.92. The largest absolute Gasteiger partial charge is 0.423 e. The van der Waals surface area contributed by atoms with Crippen LogP contribution in [0.4, 0.5) is 0 Å². The fraction of sp³-hybridized carbons (Fsp3) is 0. The molecule has 53 valence electrons. The second kappa shape index (κ2) is 2.49. The van der Waals surface area contributed by atoms with Gasteiger partial charge in [-0.1, -0.05) is 0 Å². The SMILES string of the molecule is [c]1cncc(-c2nnco2)c1. The summed E-state index contributed by atoms with van der Waals surface area (Å²) in [6, 6.07) is 4.55. The van der Waals surface area contributed by atoms with Gasteiger partial charge in [0.05, 0.1) is 5.56 Å². The van der Waals surface area contributed by atoms with Crippen molar-refractivity contribution in [2.24, 2.45) is 0 Å². The summed E-state index contributed by atoms with van der Waals surface area (Å²) < 4.78 is 4.94. The zero-order chi connectivity index (χ0) is 7.52. The van der Waals surface area contributed by atoms with Crippen LogP contribution in [-0.4, -0.2) is 15.2 Å². The molecule has 0 aromatic carbocycles. The van der Waals surface area contributed by atoms with E-state index in [1.807, 2.05) is 0 Å². The molecule has 0 unspecified atom stereocenters. The molecule has 2 aromatic rings. The Labute approximate surface area is 62.9 Å². The maximum atomic E-state index is 4.94. The van der Waals surface area contributed by atoms with Gasteiger partial charge in [0.25, 0.3) is 0 Å². The number of rotatable bonds is 1. The van der Waals surface area contributed by atoms with Crippen molar-refractivity contribution in [2.45, 2.75) is 0 Å². The molecule has 0 aliphatic heterocycles. The van der Waals surface area contributed by atoms with Crippen LogP contribution in [-0.2, 0) is 0 Å². The lowest BCUT2D eigenvalue weighted by Gasteiger charge is -1.88. The van der Waals surface area contributed by atoms with Gasteiger partial charge in [0.15, 0.2) is 0 Å². The third-order valence-corrected chi connectivity index (χ3v) is 1.21. The van der Waals surface area contributed by atoms with Crippen molar-refractivity contribution in [3.8, 4) is 11.5 Å². The molecule has 0 N–H and O–H groups in total. The maximum Gasteiger partial charge on any atom is 0.249 e. The van der Waals surface area contributed by atoms with Gasteiger partial charge >= 0.3 is 0 Å². The van der Waals surface area contributed by atoms with Gasteiger partial charge in [-0.05, 0) is 6.07 Å². The van der Waals surface area contributed by atoms with Gasteiger partial charge in [-0.2, -0.15) is 0 Å². The molecule has 0 fully saturated rings. The third kappa shape index (κ3) is 1.10. The molecule has 1 radical (unpaired) electrons. The Balaban J connectivity index is 2.46. The van der Waals surface area contributed by atoms with E-state index in [2.05, 4.69) is 21.2 Å². The summed E-state index contributed by atoms with van der Waals surface area (Å²) in [4.78, 5) is 3.86. The van der Waals surface area contributed by atoms with E-state index in [-0.39, 0.29) is 0 Å². The monoisotopic (exact) mass is 146 g/mol. The van der Waals surface area contributed by atoms with Crippen LogP contribution in [0.1, 0.15) is 0 Å². The minimum Gasteiger partial charge on any atom is -0.423 e. The number of pyridine rings is 1. The van der Waals surface area contributed by atoms with Crippen LogP contribution in [0.25, 0.3) is 11.5 Å². The summed E-state index contributed by atoms with van der Waals surface area (Å²) in [5, 5.41) is 7.25. The zero-order valence-corrected chi connectivity index (χ0v) is 5.56. The number of aromatic nitrogens is 3. The van der Waals surface area contributed by atoms with Crippen molar-refractivity contribution in [3.05, 3.63) is 30.9 Å². The molecular formula is C7H4N3O. The first kappa shape index (κ1) is 6.03. The molecule has 0 saturated heterocycles. The molecule has 4 nitrogen and oxygen atoms in total. The number of nitrogens with zero attached hydrogens (tertiary/aromatic N) is 3. The smallest absolute Gasteiger partial charge is 0.249 e. The summed E-state index contributed by atoms with van der Waals surface area (Å²) in [6.45, 7) is 0. The highest BCUT2D eigenvalue weighted by atomic mass is 16.4. The van der Waals surface area contributed by atoms with E-state index < -0.39 is 0 Å². The predicted octanol–water partition coefficient (Wildman–Crippen LogP) is 0.932. The summed E-state index contributed by atoms with van der Waals surface area (Å²) in [7, 11) is 0. The fourth-order valence-corrected chi connectivity index (χ4v) is 0.741. The van der Waals surface area contributed by atoms with E-state index in [0.29, 0.717) is 5.89 Å². The van der Waals surface area contributed by atoms with E-state index in [9.17, 15) is 0 Å². The van der Waals surface area contributed by atoms with Crippen LogP contribution < -0.4 is 0 Å². The molecule has 0 atom stereocenters. The van der Waals surface area contributed by atoms with Gasteiger partial charge in [0, 0.05) is 18.5 Å². The molecule has 0 bridgehead atoms. The van der Waals surface area contributed by atoms with Crippen molar-refractivity contribution in [2.75, 3.05) is 0 Å². The Kier molecular flexibility index (Phi) is 1.37. The first-order valence-corrected chi connectivity index (χ1v) is 3.04. The molecule has 0 amide bonds. The minimum atomic E-state index is 0.467. The van der Waals surface area contributed by atoms with Crippen LogP contribution in [0.2, 0.25) is 0 Å². The van der Waals surface area contributed by atoms with Crippen molar-refractivity contribution in [1.82, 2.24) is 15.2 Å². The zero-order valence-electron chi connectivity index (χ0n) is 5.56. The molecule has 2 heterocycles. The van der Waals surface area contributed by atoms with E-state index >= 15 is 0 Å². The first-order valence-electron chi connectivity index (χ1n) is 3.04. The van der Waals surface area contributed by atoms with E-state index in [1.165, 1.54) is 6.39 Å². The average Bonchev–Trinajstić information content (AvgIpc) is 2.58. The molecule has 11 heavy (non-hydrogen) atoms. The van der Waals surface area contributed by atoms with Crippen molar-refractivity contribution < 1.29 is 4.42 Å². The van der Waals surface area contributed by atoms with Crippen LogP contribution in [0.15, 0.2) is 29.3 Å². The van der Waals surface area contributed by atoms with Gasteiger partial charge < -0.3 is 4.42 Å². The highest BCUT2D eigenvalue weighted by molar-refractivity contribution is 5.49. The molecule has 0 aliphatic rings. The topological polar surface area (TPSA) is 51.8 Å². The molecular weight excluding hydrogens is 142 g/mol. The van der Waals surface area contributed by atoms with Gasteiger partial charge in [-0.3, -0.25) is 4.98 Å². The predicted molar refractivity (Wildman–Crippen MR) is 36.4 cm³/mol. The lowest BCUT2D eigenvalue weighted by Crippen LogP contribution is -1.78. The second-order valence-electron chi connectivity index (χ2n) is 1.92. The van der Waals surface area contributed by atoms with Gasteiger partial charge in [0.2, 0.25) is 12.3 Å². The van der Waals surface area contributed by atoms with Crippen LogP contribution >= 0.6 is 0 Å². The van der Waals surface area contributed by atoms with Crippen molar-refractivity contribution >= 4 is 0 Å². The van der Waals surface area contributed by atoms with Gasteiger partial charge in [-0.15, -0.1) is 10.2 Å². The number of hydrogen-bond donors (Lipinski definition) is 0. The van der Waals surface area contributed by atoms with Crippen molar-refractivity contribution in [1.29, 1.82) is 0 Å². The number of hydrogen-bond acceptors (Lipinski definition) is 4. The summed E-state index contributed by atoms with van der Waals surface area (Å²) >= 11 is 0. The Hall–Kier alpha value is -1.71. The standard InChI is InChI=1S/C7H4N3O/c1-2-6(4-8-3-1)7-10-9-5-11-7/h2-5H. The molecule has 2 rings (SSSR count). The molecule has 0 saturated carbocycles. The van der Waals surface area contributed by atoms with Gasteiger partial charge in [-0.25, -0.2) is 0 Å². The fourth-order valence-electron chi connectivity index (χ4n) is 0.741. The molecule has 4 heteroatoms. The third-order valence-electron chi connectivity index (χ3n) is 1.21. The van der Waals surface area contributed by atoms with Crippen LogP contribution in [0, 0.1) is 6.07 Å². The van der Waals surface area contributed by atoms with E-state index in [0.717, 1.165) is 5.56 Å². The van der Waals surface area contributed by atoms with E-state index in [1.54, 1.807) is 18.5 Å². The average molecular weight is 146 g/mol. The molecule has 0 spiro atoms. The van der Waals surface area contributed by atoms with Crippen LogP contribution in [0.3, 0.4) is 0 Å². The van der Waals surface area contributed by atoms with Crippen molar-refractivity contribution in [3.63, 3.8) is 0 Å². The van der Waals surface area contributed by atoms with Crippen LogP contribution in [0.5, 0.6) is 0 Å².